The second-order valence-corrected chi connectivity index (χ2v) is 6.63. The Balaban J connectivity index is 1.98. The highest BCUT2D eigenvalue weighted by Gasteiger charge is 2.28. The highest BCUT2D eigenvalue weighted by atomic mass is 16.6. The van der Waals surface area contributed by atoms with E-state index in [4.69, 9.17) is 9.47 Å². The number of esters is 1. The molecule has 1 aliphatic heterocycles. The first-order valence-corrected chi connectivity index (χ1v) is 9.44. The molecule has 8 nitrogen and oxygen atoms in total. The predicted octanol–water partition coefficient (Wildman–Crippen LogP) is 3.97. The molecule has 1 N–H and O–H groups in total. The molecule has 0 spiro atoms. The first-order chi connectivity index (χ1) is 14.4. The van der Waals surface area contributed by atoms with Gasteiger partial charge in [-0.15, -0.1) is 0 Å². The number of hydrogen-bond donors (Lipinski definition) is 1. The van der Waals surface area contributed by atoms with Crippen LogP contribution in [-0.2, 0) is 9.53 Å². The Labute approximate surface area is 174 Å². The van der Waals surface area contributed by atoms with Crippen molar-refractivity contribution in [1.29, 1.82) is 0 Å². The average molecular weight is 409 g/mol. The highest BCUT2D eigenvalue weighted by molar-refractivity contribution is 5.82. The van der Waals surface area contributed by atoms with Crippen molar-refractivity contribution in [2.75, 3.05) is 13.7 Å². The van der Waals surface area contributed by atoms with E-state index in [1.54, 1.807) is 33.1 Å². The third-order valence-corrected chi connectivity index (χ3v) is 4.66. The number of ether oxygens (including phenoxy) is 2. The van der Waals surface area contributed by atoms with Crippen molar-refractivity contribution in [2.24, 2.45) is 0 Å². The summed E-state index contributed by atoms with van der Waals surface area (Å²) in [5.74, 6) is 0.298. The van der Waals surface area contributed by atoms with Gasteiger partial charge in [0.1, 0.15) is 5.75 Å². The molecule has 2 aromatic carbocycles. The fourth-order valence-corrected chi connectivity index (χ4v) is 3.19. The summed E-state index contributed by atoms with van der Waals surface area (Å²) in [5.41, 5.74) is 6.25. The number of nitrogens with zero attached hydrogens (tertiary/aromatic N) is 2. The Morgan fingerprint density at radius 3 is 2.63 bits per heavy atom. The summed E-state index contributed by atoms with van der Waals surface area (Å²) in [4.78, 5) is 22.7. The third-order valence-electron chi connectivity index (χ3n) is 4.66. The van der Waals surface area contributed by atoms with E-state index in [9.17, 15) is 14.9 Å². The van der Waals surface area contributed by atoms with Gasteiger partial charge in [0.15, 0.2) is 0 Å². The fourth-order valence-electron chi connectivity index (χ4n) is 3.19. The van der Waals surface area contributed by atoms with Crippen molar-refractivity contribution in [3.05, 3.63) is 87.6 Å². The molecule has 0 amide bonds. The quantitative estimate of drug-likeness (QED) is 0.320. The van der Waals surface area contributed by atoms with Crippen LogP contribution in [0.25, 0.3) is 5.70 Å². The summed E-state index contributed by atoms with van der Waals surface area (Å²) in [6, 6.07) is 13.7. The van der Waals surface area contributed by atoms with E-state index in [2.05, 4.69) is 5.43 Å². The maximum Gasteiger partial charge on any atom is 0.332 e. The van der Waals surface area contributed by atoms with Gasteiger partial charge in [0.25, 0.3) is 5.69 Å². The van der Waals surface area contributed by atoms with Crippen LogP contribution in [0.1, 0.15) is 31.0 Å². The van der Waals surface area contributed by atoms with Crippen molar-refractivity contribution in [2.45, 2.75) is 19.9 Å². The molecule has 0 bridgehead atoms. The van der Waals surface area contributed by atoms with Gasteiger partial charge < -0.3 is 9.47 Å². The van der Waals surface area contributed by atoms with Crippen LogP contribution >= 0.6 is 0 Å². The number of carbonyl (C=O) groups is 1. The molecule has 0 saturated carbocycles. The molecule has 0 aliphatic carbocycles. The van der Waals surface area contributed by atoms with Crippen molar-refractivity contribution in [3.8, 4) is 5.75 Å². The molecule has 1 heterocycles. The monoisotopic (exact) mass is 409 g/mol. The third kappa shape index (κ3) is 4.60. The van der Waals surface area contributed by atoms with Crippen LogP contribution in [0.2, 0.25) is 0 Å². The average Bonchev–Trinajstić information content (AvgIpc) is 3.20. The molecule has 30 heavy (non-hydrogen) atoms. The first-order valence-electron chi connectivity index (χ1n) is 9.44. The smallest absolute Gasteiger partial charge is 0.332 e. The number of nitrogens with one attached hydrogen (secondary N) is 1. The molecule has 0 radical (unpaired) electrons. The van der Waals surface area contributed by atoms with Crippen molar-refractivity contribution in [1.82, 2.24) is 10.4 Å². The minimum atomic E-state index is -0.436. The number of nitro groups is 1. The number of carbonyl (C=O) groups excluding carboxylic acids is 1. The molecular weight excluding hydrogens is 386 g/mol. The number of allylic oxidation sites excluding steroid dienone is 1. The zero-order valence-corrected chi connectivity index (χ0v) is 17.0. The summed E-state index contributed by atoms with van der Waals surface area (Å²) >= 11 is 0. The number of nitro benzene ring substituents is 1. The molecule has 0 unspecified atom stereocenters. The zero-order chi connectivity index (χ0) is 21.7. The molecule has 0 fully saturated rings. The summed E-state index contributed by atoms with van der Waals surface area (Å²) in [6.07, 6.45) is 3.38. The molecule has 1 atom stereocenters. The SMILES string of the molecule is CCOC(=O)C=C(C)N1NC(c2cccc([N+](=O)[O-])c2)=C[C@H]1c1ccc(OC)cc1. The fraction of sp³-hybridized carbons (Fsp3) is 0.227. The minimum Gasteiger partial charge on any atom is -0.497 e. The van der Waals surface area contributed by atoms with Crippen LogP contribution in [0.3, 0.4) is 0 Å². The lowest BCUT2D eigenvalue weighted by Crippen LogP contribution is -2.32. The number of hydrazine groups is 1. The zero-order valence-electron chi connectivity index (χ0n) is 17.0. The number of non-ortho nitro benzene ring substituents is 1. The van der Waals surface area contributed by atoms with Gasteiger partial charge in [0, 0.05) is 29.5 Å². The normalized spacial score (nSPS) is 16.0. The molecule has 0 saturated heterocycles. The molecule has 8 heteroatoms. The van der Waals surface area contributed by atoms with Gasteiger partial charge in [-0.25, -0.2) is 4.79 Å². The Morgan fingerprint density at radius 2 is 2.00 bits per heavy atom. The molecule has 1 aliphatic rings. The van der Waals surface area contributed by atoms with Crippen LogP contribution in [-0.4, -0.2) is 29.6 Å². The van der Waals surface area contributed by atoms with Gasteiger partial charge in [-0.1, -0.05) is 24.3 Å². The van der Waals surface area contributed by atoms with Gasteiger partial charge in [0.2, 0.25) is 0 Å². The van der Waals surface area contributed by atoms with Crippen LogP contribution < -0.4 is 10.2 Å². The molecule has 3 rings (SSSR count). The van der Waals surface area contributed by atoms with E-state index in [1.165, 1.54) is 18.2 Å². The standard InChI is InChI=1S/C22H23N3O5/c1-4-30-22(26)12-15(2)24-21(16-8-10-19(29-3)11-9-16)14-20(23-24)17-6-5-7-18(13-17)25(27)28/h5-14,21,23H,4H2,1-3H3/t21-/m0/s1. The van der Waals surface area contributed by atoms with Gasteiger partial charge in [-0.3, -0.25) is 20.5 Å². The Bertz CT molecular complexity index is 998. The lowest BCUT2D eigenvalue weighted by molar-refractivity contribution is -0.384. The van der Waals surface area contributed by atoms with Crippen LogP contribution in [0.15, 0.2) is 66.4 Å². The maximum absolute atomic E-state index is 11.9. The van der Waals surface area contributed by atoms with E-state index in [0.29, 0.717) is 17.0 Å². The second-order valence-electron chi connectivity index (χ2n) is 6.63. The largest absolute Gasteiger partial charge is 0.497 e. The first kappa shape index (κ1) is 20.9. The maximum atomic E-state index is 11.9. The van der Waals surface area contributed by atoms with E-state index in [1.807, 2.05) is 35.4 Å². The van der Waals surface area contributed by atoms with Crippen molar-refractivity contribution < 1.29 is 19.2 Å². The lowest BCUT2D eigenvalue weighted by Gasteiger charge is -2.28. The number of methoxy groups -OCH3 is 1. The summed E-state index contributed by atoms with van der Waals surface area (Å²) in [6.45, 7) is 3.83. The molecule has 0 aromatic heterocycles. The highest BCUT2D eigenvalue weighted by Crippen LogP contribution is 2.35. The summed E-state index contributed by atoms with van der Waals surface area (Å²) in [7, 11) is 1.60. The van der Waals surface area contributed by atoms with Crippen molar-refractivity contribution in [3.63, 3.8) is 0 Å². The van der Waals surface area contributed by atoms with Crippen LogP contribution in [0.5, 0.6) is 5.75 Å². The number of benzene rings is 2. The van der Waals surface area contributed by atoms with Crippen LogP contribution in [0, 0.1) is 10.1 Å². The van der Waals surface area contributed by atoms with Gasteiger partial charge in [-0.2, -0.15) is 0 Å². The minimum absolute atomic E-state index is 0.00781. The number of rotatable bonds is 7. The predicted molar refractivity (Wildman–Crippen MR) is 112 cm³/mol. The van der Waals surface area contributed by atoms with E-state index in [-0.39, 0.29) is 18.3 Å². The van der Waals surface area contributed by atoms with Crippen molar-refractivity contribution >= 4 is 17.4 Å². The molecule has 156 valence electrons. The Hall–Kier alpha value is -3.81. The van der Waals surface area contributed by atoms with E-state index >= 15 is 0 Å². The van der Waals surface area contributed by atoms with Crippen LogP contribution in [0.4, 0.5) is 5.69 Å². The van der Waals surface area contributed by atoms with Gasteiger partial charge >= 0.3 is 5.97 Å². The van der Waals surface area contributed by atoms with E-state index < -0.39 is 10.9 Å². The van der Waals surface area contributed by atoms with Gasteiger partial charge in [0.05, 0.1) is 30.4 Å². The number of hydrogen-bond acceptors (Lipinski definition) is 7. The van der Waals surface area contributed by atoms with E-state index in [0.717, 1.165) is 11.3 Å². The topological polar surface area (TPSA) is 93.9 Å². The lowest BCUT2D eigenvalue weighted by atomic mass is 10.0. The summed E-state index contributed by atoms with van der Waals surface area (Å²) in [5, 5.41) is 13.0. The molecule has 2 aromatic rings. The Morgan fingerprint density at radius 1 is 1.27 bits per heavy atom. The van der Waals surface area contributed by atoms with Gasteiger partial charge in [-0.05, 0) is 37.6 Å². The Kier molecular flexibility index (Phi) is 6.36. The summed E-state index contributed by atoms with van der Waals surface area (Å²) < 4.78 is 10.2. The molecular formula is C22H23N3O5. The second kappa shape index (κ2) is 9.13.